The van der Waals surface area contributed by atoms with E-state index in [0.717, 1.165) is 17.0 Å². The van der Waals surface area contributed by atoms with Crippen molar-refractivity contribution < 1.29 is 5.11 Å². The maximum absolute atomic E-state index is 10.1. The van der Waals surface area contributed by atoms with Crippen molar-refractivity contribution in [3.8, 4) is 0 Å². The quantitative estimate of drug-likeness (QED) is 0.922. The van der Waals surface area contributed by atoms with Crippen LogP contribution in [0.25, 0.3) is 0 Å². The molecule has 2 aromatic rings. The Balaban J connectivity index is 2.05. The molecule has 0 fully saturated rings. The van der Waals surface area contributed by atoms with Gasteiger partial charge in [0.05, 0.1) is 22.5 Å². The van der Waals surface area contributed by atoms with Gasteiger partial charge in [-0.25, -0.2) is 0 Å². The molecular weight excluding hydrogens is 248 g/mol. The summed E-state index contributed by atoms with van der Waals surface area (Å²) < 4.78 is 1.74. The highest BCUT2D eigenvalue weighted by Gasteiger charge is 2.15. The Kier molecular flexibility index (Phi) is 4.04. The fourth-order valence-corrected chi connectivity index (χ4v) is 2.32. The van der Waals surface area contributed by atoms with Crippen LogP contribution in [0.4, 0.5) is 0 Å². The maximum Gasteiger partial charge on any atom is 0.0847 e. The Hall–Kier alpha value is -1.32. The second-order valence-electron chi connectivity index (χ2n) is 4.52. The number of aromatic nitrogens is 2. The third-order valence-electron chi connectivity index (χ3n) is 3.00. The molecule has 0 spiro atoms. The summed E-state index contributed by atoms with van der Waals surface area (Å²) in [5.74, 6) is 0. The molecule has 0 aliphatic heterocycles. The first-order valence-electron chi connectivity index (χ1n) is 5.98. The van der Waals surface area contributed by atoms with Gasteiger partial charge in [-0.2, -0.15) is 5.10 Å². The predicted molar refractivity (Wildman–Crippen MR) is 72.8 cm³/mol. The summed E-state index contributed by atoms with van der Waals surface area (Å²) in [7, 11) is 1.85. The highest BCUT2D eigenvalue weighted by Crippen LogP contribution is 2.21. The van der Waals surface area contributed by atoms with Gasteiger partial charge in [-0.1, -0.05) is 41.9 Å². The molecule has 1 heterocycles. The van der Waals surface area contributed by atoms with Crippen LogP contribution in [-0.4, -0.2) is 21.0 Å². The third-order valence-corrected chi connectivity index (χ3v) is 3.50. The monoisotopic (exact) mass is 264 g/mol. The smallest absolute Gasteiger partial charge is 0.0847 e. The standard InChI is InChI=1S/C14H17ClN2O/c1-10-14(15)13(17(2)16-10)9-12(18)8-11-6-4-3-5-7-11/h3-7,12,18H,8-9H2,1-2H3. The Morgan fingerprint density at radius 1 is 1.28 bits per heavy atom. The molecule has 0 saturated carbocycles. The summed E-state index contributed by atoms with van der Waals surface area (Å²) in [6.45, 7) is 1.87. The second-order valence-corrected chi connectivity index (χ2v) is 4.90. The Morgan fingerprint density at radius 3 is 2.50 bits per heavy atom. The highest BCUT2D eigenvalue weighted by molar-refractivity contribution is 6.31. The molecule has 0 bridgehead atoms. The first-order valence-corrected chi connectivity index (χ1v) is 6.35. The predicted octanol–water partition coefficient (Wildman–Crippen LogP) is 2.53. The van der Waals surface area contributed by atoms with Crippen LogP contribution >= 0.6 is 11.6 Å². The summed E-state index contributed by atoms with van der Waals surface area (Å²) in [4.78, 5) is 0. The lowest BCUT2D eigenvalue weighted by atomic mass is 10.0. The molecule has 0 saturated heterocycles. The summed E-state index contributed by atoms with van der Waals surface area (Å²) in [5.41, 5.74) is 2.82. The van der Waals surface area contributed by atoms with Crippen LogP contribution < -0.4 is 0 Å². The number of halogens is 1. The number of aliphatic hydroxyl groups is 1. The fraction of sp³-hybridized carbons (Fsp3) is 0.357. The lowest BCUT2D eigenvalue weighted by Crippen LogP contribution is -2.16. The summed E-state index contributed by atoms with van der Waals surface area (Å²) in [5, 5.41) is 15.0. The van der Waals surface area contributed by atoms with E-state index >= 15 is 0 Å². The van der Waals surface area contributed by atoms with E-state index in [4.69, 9.17) is 11.6 Å². The van der Waals surface area contributed by atoms with Gasteiger partial charge >= 0.3 is 0 Å². The average molecular weight is 265 g/mol. The first-order chi connectivity index (χ1) is 8.58. The van der Waals surface area contributed by atoms with Crippen molar-refractivity contribution in [2.75, 3.05) is 0 Å². The summed E-state index contributed by atoms with van der Waals surface area (Å²) in [6.07, 6.45) is 0.701. The number of nitrogens with zero attached hydrogens (tertiary/aromatic N) is 2. The maximum atomic E-state index is 10.1. The minimum Gasteiger partial charge on any atom is -0.392 e. The van der Waals surface area contributed by atoms with E-state index in [0.29, 0.717) is 17.9 Å². The van der Waals surface area contributed by atoms with Gasteiger partial charge < -0.3 is 5.11 Å². The molecule has 96 valence electrons. The molecule has 0 aliphatic carbocycles. The summed E-state index contributed by atoms with van der Waals surface area (Å²) in [6, 6.07) is 9.95. The van der Waals surface area contributed by atoms with Gasteiger partial charge in [-0.05, 0) is 18.9 Å². The zero-order chi connectivity index (χ0) is 13.1. The van der Waals surface area contributed by atoms with Crippen LogP contribution in [0.3, 0.4) is 0 Å². The number of aliphatic hydroxyl groups excluding tert-OH is 1. The number of rotatable bonds is 4. The van der Waals surface area contributed by atoms with E-state index in [1.54, 1.807) is 4.68 Å². The van der Waals surface area contributed by atoms with E-state index < -0.39 is 6.10 Å². The molecule has 1 aromatic heterocycles. The van der Waals surface area contributed by atoms with Crippen molar-refractivity contribution in [3.05, 3.63) is 52.3 Å². The molecule has 4 heteroatoms. The Morgan fingerprint density at radius 2 is 1.94 bits per heavy atom. The third kappa shape index (κ3) is 2.92. The summed E-state index contributed by atoms with van der Waals surface area (Å²) >= 11 is 6.17. The van der Waals surface area contributed by atoms with E-state index in [2.05, 4.69) is 5.10 Å². The van der Waals surface area contributed by atoms with E-state index in [-0.39, 0.29) is 0 Å². The molecule has 1 unspecified atom stereocenters. The molecule has 2 rings (SSSR count). The van der Waals surface area contributed by atoms with Gasteiger partial charge in [0.15, 0.2) is 0 Å². The highest BCUT2D eigenvalue weighted by atomic mass is 35.5. The Bertz CT molecular complexity index is 522. The molecular formula is C14H17ClN2O. The van der Waals surface area contributed by atoms with Crippen molar-refractivity contribution in [2.24, 2.45) is 7.05 Å². The van der Waals surface area contributed by atoms with Crippen LogP contribution in [0.5, 0.6) is 0 Å². The fourth-order valence-electron chi connectivity index (χ4n) is 2.08. The van der Waals surface area contributed by atoms with Crippen LogP contribution in [-0.2, 0) is 19.9 Å². The molecule has 0 aliphatic rings. The van der Waals surface area contributed by atoms with Crippen molar-refractivity contribution in [1.29, 1.82) is 0 Å². The number of aryl methyl sites for hydroxylation is 2. The van der Waals surface area contributed by atoms with Crippen molar-refractivity contribution >= 4 is 11.6 Å². The second kappa shape index (κ2) is 5.55. The normalized spacial score (nSPS) is 12.7. The van der Waals surface area contributed by atoms with Crippen molar-refractivity contribution in [3.63, 3.8) is 0 Å². The lowest BCUT2D eigenvalue weighted by molar-refractivity contribution is 0.173. The minimum atomic E-state index is -0.445. The SMILES string of the molecule is Cc1nn(C)c(CC(O)Cc2ccccc2)c1Cl. The molecule has 1 aromatic carbocycles. The number of hydrogen-bond donors (Lipinski definition) is 1. The zero-order valence-corrected chi connectivity index (χ0v) is 11.4. The molecule has 18 heavy (non-hydrogen) atoms. The minimum absolute atomic E-state index is 0.445. The number of benzene rings is 1. The van der Waals surface area contributed by atoms with Crippen LogP contribution in [0.15, 0.2) is 30.3 Å². The van der Waals surface area contributed by atoms with E-state index in [1.807, 2.05) is 44.3 Å². The molecule has 1 atom stereocenters. The van der Waals surface area contributed by atoms with E-state index in [9.17, 15) is 5.11 Å². The van der Waals surface area contributed by atoms with Crippen LogP contribution in [0.2, 0.25) is 5.02 Å². The average Bonchev–Trinajstić information content (AvgIpc) is 2.57. The Labute approximate surface area is 112 Å². The lowest BCUT2D eigenvalue weighted by Gasteiger charge is -2.11. The van der Waals surface area contributed by atoms with Gasteiger partial charge in [0.2, 0.25) is 0 Å². The molecule has 0 amide bonds. The van der Waals surface area contributed by atoms with Crippen LogP contribution in [0.1, 0.15) is 17.0 Å². The number of hydrogen-bond acceptors (Lipinski definition) is 2. The van der Waals surface area contributed by atoms with Crippen molar-refractivity contribution in [2.45, 2.75) is 25.9 Å². The van der Waals surface area contributed by atoms with Gasteiger partial charge in [0.1, 0.15) is 0 Å². The van der Waals surface area contributed by atoms with Gasteiger partial charge in [-0.15, -0.1) is 0 Å². The van der Waals surface area contributed by atoms with Crippen LogP contribution in [0, 0.1) is 6.92 Å². The largest absolute Gasteiger partial charge is 0.392 e. The van der Waals surface area contributed by atoms with Gasteiger partial charge in [0.25, 0.3) is 0 Å². The van der Waals surface area contributed by atoms with Gasteiger partial charge in [-0.3, -0.25) is 4.68 Å². The van der Waals surface area contributed by atoms with E-state index in [1.165, 1.54) is 0 Å². The molecule has 3 nitrogen and oxygen atoms in total. The van der Waals surface area contributed by atoms with Crippen molar-refractivity contribution in [1.82, 2.24) is 9.78 Å². The molecule has 0 radical (unpaired) electrons. The topological polar surface area (TPSA) is 38.0 Å². The zero-order valence-electron chi connectivity index (χ0n) is 10.6. The molecule has 1 N–H and O–H groups in total. The first kappa shape index (κ1) is 13.1. The van der Waals surface area contributed by atoms with Gasteiger partial charge in [0, 0.05) is 13.5 Å².